The summed E-state index contributed by atoms with van der Waals surface area (Å²) in [7, 11) is 1.91. The van der Waals surface area contributed by atoms with Gasteiger partial charge >= 0.3 is 0 Å². The first-order valence-corrected chi connectivity index (χ1v) is 7.32. The number of hydrogen-bond acceptors (Lipinski definition) is 3. The normalized spacial score (nSPS) is 16.3. The minimum Gasteiger partial charge on any atom is -0.394 e. The fraction of sp³-hybridized carbons (Fsp3) is 0.600. The van der Waals surface area contributed by atoms with E-state index in [0.29, 0.717) is 5.25 Å². The molecule has 2 nitrogen and oxygen atoms in total. The zero-order chi connectivity index (χ0) is 13.8. The van der Waals surface area contributed by atoms with Crippen LogP contribution in [0.15, 0.2) is 23.1 Å². The van der Waals surface area contributed by atoms with Crippen molar-refractivity contribution in [2.75, 3.05) is 13.7 Å². The van der Waals surface area contributed by atoms with E-state index in [9.17, 15) is 5.11 Å². The van der Waals surface area contributed by atoms with Gasteiger partial charge in [0.2, 0.25) is 0 Å². The highest BCUT2D eigenvalue weighted by Gasteiger charge is 2.24. The van der Waals surface area contributed by atoms with Crippen LogP contribution in [0.4, 0.5) is 0 Å². The molecule has 0 heterocycles. The Balaban J connectivity index is 2.70. The third-order valence-electron chi connectivity index (χ3n) is 3.36. The molecule has 0 aliphatic rings. The topological polar surface area (TPSA) is 32.3 Å². The lowest BCUT2D eigenvalue weighted by Gasteiger charge is -2.30. The van der Waals surface area contributed by atoms with Crippen LogP contribution in [0.25, 0.3) is 0 Å². The molecular formula is C15H25NOS. The average molecular weight is 267 g/mol. The van der Waals surface area contributed by atoms with E-state index in [1.807, 2.05) is 18.8 Å². The average Bonchev–Trinajstić information content (AvgIpc) is 2.33. The molecule has 0 saturated carbocycles. The highest BCUT2D eigenvalue weighted by molar-refractivity contribution is 8.00. The molecule has 0 bridgehead atoms. The largest absolute Gasteiger partial charge is 0.394 e. The monoisotopic (exact) mass is 267 g/mol. The number of benzene rings is 1. The Kier molecular flexibility index (Phi) is 5.70. The second kappa shape index (κ2) is 6.60. The molecule has 2 N–H and O–H groups in total. The molecule has 0 spiro atoms. The van der Waals surface area contributed by atoms with Crippen molar-refractivity contribution in [3.05, 3.63) is 29.3 Å². The smallest absolute Gasteiger partial charge is 0.0610 e. The number of aryl methyl sites for hydroxylation is 2. The molecule has 18 heavy (non-hydrogen) atoms. The molecule has 2 atom stereocenters. The summed E-state index contributed by atoms with van der Waals surface area (Å²) in [5.41, 5.74) is 2.44. The number of aliphatic hydroxyl groups is 1. The maximum absolute atomic E-state index is 9.43. The summed E-state index contributed by atoms with van der Waals surface area (Å²) in [5, 5.41) is 13.1. The van der Waals surface area contributed by atoms with Crippen molar-refractivity contribution < 1.29 is 5.11 Å². The van der Waals surface area contributed by atoms with Gasteiger partial charge in [0, 0.05) is 15.7 Å². The van der Waals surface area contributed by atoms with Crippen LogP contribution in [0.3, 0.4) is 0 Å². The van der Waals surface area contributed by atoms with Crippen LogP contribution >= 0.6 is 11.8 Å². The van der Waals surface area contributed by atoms with Crippen molar-refractivity contribution in [3.63, 3.8) is 0 Å². The SMILES string of the molecule is CNC(C)(CO)CC(C)Sc1cc(C)ccc1C. The Bertz CT molecular complexity index is 388. The molecule has 1 aromatic carbocycles. The van der Waals surface area contributed by atoms with Gasteiger partial charge in [-0.1, -0.05) is 24.6 Å². The van der Waals surface area contributed by atoms with Crippen molar-refractivity contribution >= 4 is 11.8 Å². The van der Waals surface area contributed by atoms with Crippen molar-refractivity contribution in [1.29, 1.82) is 0 Å². The van der Waals surface area contributed by atoms with Gasteiger partial charge < -0.3 is 10.4 Å². The Morgan fingerprint density at radius 2 is 2.06 bits per heavy atom. The second-order valence-electron chi connectivity index (χ2n) is 5.37. The van der Waals surface area contributed by atoms with Gasteiger partial charge in [-0.2, -0.15) is 0 Å². The van der Waals surface area contributed by atoms with E-state index in [0.717, 1.165) is 6.42 Å². The van der Waals surface area contributed by atoms with E-state index >= 15 is 0 Å². The van der Waals surface area contributed by atoms with Gasteiger partial charge in [-0.05, 0) is 45.9 Å². The van der Waals surface area contributed by atoms with Crippen molar-refractivity contribution in [3.8, 4) is 0 Å². The predicted octanol–water partition coefficient (Wildman–Crippen LogP) is 3.14. The van der Waals surface area contributed by atoms with Crippen LogP contribution in [0, 0.1) is 13.8 Å². The van der Waals surface area contributed by atoms with E-state index in [1.165, 1.54) is 16.0 Å². The van der Waals surface area contributed by atoms with Crippen LogP contribution < -0.4 is 5.32 Å². The zero-order valence-corrected chi connectivity index (χ0v) is 12.9. The molecule has 0 aliphatic carbocycles. The molecule has 1 rings (SSSR count). The summed E-state index contributed by atoms with van der Waals surface area (Å²) < 4.78 is 0. The van der Waals surface area contributed by atoms with E-state index in [2.05, 4.69) is 51.2 Å². The standard InChI is InChI=1S/C15H25NOS/c1-11-6-7-12(2)14(8-11)18-13(3)9-15(4,10-17)16-5/h6-8,13,16-17H,9-10H2,1-5H3. The first-order valence-electron chi connectivity index (χ1n) is 6.44. The van der Waals surface area contributed by atoms with E-state index in [4.69, 9.17) is 0 Å². The Labute approximate surface area is 115 Å². The molecule has 2 unspecified atom stereocenters. The molecule has 0 fully saturated rings. The summed E-state index contributed by atoms with van der Waals surface area (Å²) in [6.07, 6.45) is 0.943. The predicted molar refractivity (Wildman–Crippen MR) is 80.4 cm³/mol. The summed E-state index contributed by atoms with van der Waals surface area (Å²) in [4.78, 5) is 1.35. The maximum atomic E-state index is 9.43. The lowest BCUT2D eigenvalue weighted by atomic mass is 9.97. The van der Waals surface area contributed by atoms with Gasteiger partial charge in [0.1, 0.15) is 0 Å². The van der Waals surface area contributed by atoms with E-state index in [1.54, 1.807) is 0 Å². The molecule has 3 heteroatoms. The van der Waals surface area contributed by atoms with Gasteiger partial charge in [-0.25, -0.2) is 0 Å². The molecule has 0 aliphatic heterocycles. The third kappa shape index (κ3) is 4.30. The molecule has 0 amide bonds. The van der Waals surface area contributed by atoms with Gasteiger partial charge in [0.25, 0.3) is 0 Å². The number of hydrogen-bond donors (Lipinski definition) is 2. The first kappa shape index (κ1) is 15.5. The number of likely N-dealkylation sites (N-methyl/N-ethyl adjacent to an activating group) is 1. The van der Waals surface area contributed by atoms with Crippen molar-refractivity contribution in [2.45, 2.75) is 49.8 Å². The lowest BCUT2D eigenvalue weighted by Crippen LogP contribution is -2.45. The molecule has 1 aromatic rings. The number of aliphatic hydroxyl groups excluding tert-OH is 1. The minimum atomic E-state index is -0.190. The summed E-state index contributed by atoms with van der Waals surface area (Å²) in [5.74, 6) is 0. The van der Waals surface area contributed by atoms with Gasteiger partial charge in [-0.3, -0.25) is 0 Å². The number of thioether (sulfide) groups is 1. The Morgan fingerprint density at radius 1 is 1.39 bits per heavy atom. The quantitative estimate of drug-likeness (QED) is 0.777. The highest BCUT2D eigenvalue weighted by atomic mass is 32.2. The fourth-order valence-corrected chi connectivity index (χ4v) is 3.37. The second-order valence-corrected chi connectivity index (χ2v) is 6.85. The van der Waals surface area contributed by atoms with Gasteiger partial charge in [-0.15, -0.1) is 11.8 Å². The van der Waals surface area contributed by atoms with E-state index in [-0.39, 0.29) is 12.1 Å². The minimum absolute atomic E-state index is 0.168. The van der Waals surface area contributed by atoms with Crippen LogP contribution in [-0.2, 0) is 0 Å². The maximum Gasteiger partial charge on any atom is 0.0610 e. The molecule has 102 valence electrons. The van der Waals surface area contributed by atoms with Gasteiger partial charge in [0.15, 0.2) is 0 Å². The van der Waals surface area contributed by atoms with Gasteiger partial charge in [0.05, 0.1) is 6.61 Å². The molecule has 0 radical (unpaired) electrons. The highest BCUT2D eigenvalue weighted by Crippen LogP contribution is 2.31. The fourth-order valence-electron chi connectivity index (χ4n) is 1.97. The van der Waals surface area contributed by atoms with E-state index < -0.39 is 0 Å². The summed E-state index contributed by atoms with van der Waals surface area (Å²) in [6, 6.07) is 6.56. The number of rotatable bonds is 6. The molecular weight excluding hydrogens is 242 g/mol. The van der Waals surface area contributed by atoms with Crippen LogP contribution in [0.2, 0.25) is 0 Å². The van der Waals surface area contributed by atoms with Crippen LogP contribution in [0.5, 0.6) is 0 Å². The van der Waals surface area contributed by atoms with Crippen molar-refractivity contribution in [1.82, 2.24) is 5.32 Å². The zero-order valence-electron chi connectivity index (χ0n) is 12.1. The summed E-state index contributed by atoms with van der Waals surface area (Å²) in [6.45, 7) is 8.73. The summed E-state index contributed by atoms with van der Waals surface area (Å²) >= 11 is 1.89. The van der Waals surface area contributed by atoms with Crippen LogP contribution in [-0.4, -0.2) is 29.5 Å². The first-order chi connectivity index (χ1) is 8.40. The Morgan fingerprint density at radius 3 is 2.61 bits per heavy atom. The Hall–Kier alpha value is -0.510. The third-order valence-corrected chi connectivity index (χ3v) is 4.63. The van der Waals surface area contributed by atoms with Crippen LogP contribution in [0.1, 0.15) is 31.4 Å². The molecule has 0 saturated heterocycles. The molecule has 0 aromatic heterocycles. The lowest BCUT2D eigenvalue weighted by molar-refractivity contribution is 0.174. The number of nitrogens with one attached hydrogen (secondary N) is 1. The van der Waals surface area contributed by atoms with Crippen molar-refractivity contribution in [2.24, 2.45) is 0 Å².